The van der Waals surface area contributed by atoms with Gasteiger partial charge in [-0.05, 0) is 82.9 Å². The summed E-state index contributed by atoms with van der Waals surface area (Å²) in [4.78, 5) is 24.1. The molecule has 9 heteroatoms. The molecule has 2 amide bonds. The van der Waals surface area contributed by atoms with Crippen LogP contribution in [0.15, 0.2) is 64.2 Å². The molecule has 0 fully saturated rings. The van der Waals surface area contributed by atoms with E-state index in [1.165, 1.54) is 18.3 Å². The summed E-state index contributed by atoms with van der Waals surface area (Å²) in [6, 6.07) is 14.9. The number of ether oxygens (including phenoxy) is 1. The highest BCUT2D eigenvalue weighted by atomic mass is 79.9. The molecule has 0 aliphatic carbocycles. The monoisotopic (exact) mass is 531 g/mol. The molecular weight excluding hydrogens is 513 g/mol. The number of carbonyl (C=O) groups excluding carboxylic acids is 2. The highest BCUT2D eigenvalue weighted by Gasteiger charge is 2.14. The van der Waals surface area contributed by atoms with Crippen molar-refractivity contribution in [2.24, 2.45) is 5.10 Å². The van der Waals surface area contributed by atoms with Crippen LogP contribution in [-0.4, -0.2) is 18.0 Å². The molecule has 33 heavy (non-hydrogen) atoms. The van der Waals surface area contributed by atoms with E-state index in [9.17, 15) is 14.0 Å². The minimum absolute atomic E-state index is 0.0386. The molecule has 3 aromatic carbocycles. The molecule has 3 aromatic rings. The Morgan fingerprint density at radius 2 is 1.88 bits per heavy atom. The highest BCUT2D eigenvalue weighted by molar-refractivity contribution is 9.10. The number of halogens is 3. The Kier molecular flexibility index (Phi) is 8.19. The Bertz CT molecular complexity index is 1210. The molecule has 0 aliphatic heterocycles. The van der Waals surface area contributed by atoms with Crippen molar-refractivity contribution in [2.75, 3.05) is 5.32 Å². The van der Waals surface area contributed by atoms with Gasteiger partial charge in [-0.3, -0.25) is 9.59 Å². The molecule has 0 bridgehead atoms. The first-order chi connectivity index (χ1) is 15.8. The fraction of sp³-hybridized carbons (Fsp3) is 0.125. The Labute approximate surface area is 203 Å². The topological polar surface area (TPSA) is 79.8 Å². The predicted molar refractivity (Wildman–Crippen MR) is 130 cm³/mol. The van der Waals surface area contributed by atoms with Crippen molar-refractivity contribution in [1.82, 2.24) is 5.43 Å². The lowest BCUT2D eigenvalue weighted by atomic mass is 10.1. The minimum atomic E-state index is -0.895. The third-order valence-electron chi connectivity index (χ3n) is 4.83. The van der Waals surface area contributed by atoms with Crippen molar-refractivity contribution in [1.29, 1.82) is 0 Å². The second-order valence-corrected chi connectivity index (χ2v) is 8.34. The van der Waals surface area contributed by atoms with Gasteiger partial charge in [0, 0.05) is 11.3 Å². The zero-order valence-corrected chi connectivity index (χ0v) is 20.1. The second kappa shape index (κ2) is 11.1. The highest BCUT2D eigenvalue weighted by Crippen LogP contribution is 2.28. The number of benzene rings is 3. The van der Waals surface area contributed by atoms with Crippen molar-refractivity contribution in [3.8, 4) is 5.75 Å². The molecule has 0 heterocycles. The van der Waals surface area contributed by atoms with E-state index in [1.807, 2.05) is 19.9 Å². The Morgan fingerprint density at radius 1 is 1.12 bits per heavy atom. The maximum absolute atomic E-state index is 13.9. The van der Waals surface area contributed by atoms with E-state index >= 15 is 0 Å². The maximum Gasteiger partial charge on any atom is 0.329 e. The zero-order chi connectivity index (χ0) is 24.0. The molecule has 170 valence electrons. The predicted octanol–water partition coefficient (Wildman–Crippen LogP) is 5.53. The van der Waals surface area contributed by atoms with E-state index in [0.717, 1.165) is 11.1 Å². The standard InChI is InChI=1S/C24H20BrClFN3O3/c1-14-5-3-8-21(15(14)2)29-23(31)24(32)30-28-12-16-9-10-22(18(25)11-16)33-13-17-19(26)6-4-7-20(17)27/h3-12H,13H2,1-2H3,(H,29,31)(H,30,32)/b28-12-. The van der Waals surface area contributed by atoms with Gasteiger partial charge in [-0.1, -0.05) is 29.8 Å². The third-order valence-corrected chi connectivity index (χ3v) is 5.80. The van der Waals surface area contributed by atoms with Crippen LogP contribution in [0.1, 0.15) is 22.3 Å². The van der Waals surface area contributed by atoms with E-state index in [1.54, 1.807) is 36.4 Å². The van der Waals surface area contributed by atoms with E-state index in [4.69, 9.17) is 16.3 Å². The van der Waals surface area contributed by atoms with Crippen LogP contribution in [0.3, 0.4) is 0 Å². The normalized spacial score (nSPS) is 10.8. The number of aryl methyl sites for hydroxylation is 1. The first-order valence-corrected chi connectivity index (χ1v) is 11.0. The van der Waals surface area contributed by atoms with Gasteiger partial charge in [0.05, 0.1) is 15.7 Å². The summed E-state index contributed by atoms with van der Waals surface area (Å²) in [5, 5.41) is 6.67. The van der Waals surface area contributed by atoms with E-state index in [2.05, 4.69) is 31.8 Å². The van der Waals surface area contributed by atoms with Gasteiger partial charge in [0.1, 0.15) is 18.2 Å². The first-order valence-electron chi connectivity index (χ1n) is 9.82. The second-order valence-electron chi connectivity index (χ2n) is 7.08. The van der Waals surface area contributed by atoms with Crippen LogP contribution >= 0.6 is 27.5 Å². The van der Waals surface area contributed by atoms with Crippen LogP contribution in [0, 0.1) is 19.7 Å². The summed E-state index contributed by atoms with van der Waals surface area (Å²) in [5.41, 5.74) is 5.54. The first kappa shape index (κ1) is 24.4. The van der Waals surface area contributed by atoms with Gasteiger partial charge in [-0.25, -0.2) is 9.82 Å². The summed E-state index contributed by atoms with van der Waals surface area (Å²) in [6.45, 7) is 3.74. The summed E-state index contributed by atoms with van der Waals surface area (Å²) in [5.74, 6) is -1.69. The van der Waals surface area contributed by atoms with E-state index in [0.29, 0.717) is 21.5 Å². The van der Waals surface area contributed by atoms with Crippen molar-refractivity contribution < 1.29 is 18.7 Å². The van der Waals surface area contributed by atoms with Crippen molar-refractivity contribution in [2.45, 2.75) is 20.5 Å². The van der Waals surface area contributed by atoms with Crippen LogP contribution in [0.4, 0.5) is 10.1 Å². The quantitative estimate of drug-likeness (QED) is 0.249. The van der Waals surface area contributed by atoms with E-state index < -0.39 is 17.6 Å². The van der Waals surface area contributed by atoms with Crippen LogP contribution in [0.2, 0.25) is 5.02 Å². The molecule has 3 rings (SSSR count). The Morgan fingerprint density at radius 3 is 2.61 bits per heavy atom. The summed E-state index contributed by atoms with van der Waals surface area (Å²) >= 11 is 9.40. The van der Waals surface area contributed by atoms with Gasteiger partial charge in [0.15, 0.2) is 0 Å². The molecule has 0 unspecified atom stereocenters. The van der Waals surface area contributed by atoms with Gasteiger partial charge >= 0.3 is 11.8 Å². The minimum Gasteiger partial charge on any atom is -0.488 e. The summed E-state index contributed by atoms with van der Waals surface area (Å²) in [7, 11) is 0. The average Bonchev–Trinajstić information content (AvgIpc) is 2.77. The Hall–Kier alpha value is -3.23. The van der Waals surface area contributed by atoms with Gasteiger partial charge in [0.2, 0.25) is 0 Å². The lowest BCUT2D eigenvalue weighted by molar-refractivity contribution is -0.136. The Balaban J connectivity index is 1.57. The number of carbonyl (C=O) groups is 2. The molecular formula is C24H20BrClFN3O3. The van der Waals surface area contributed by atoms with Gasteiger partial charge in [0.25, 0.3) is 0 Å². The molecule has 0 aromatic heterocycles. The molecule has 6 nitrogen and oxygen atoms in total. The van der Waals surface area contributed by atoms with Crippen LogP contribution in [0.25, 0.3) is 0 Å². The van der Waals surface area contributed by atoms with Crippen molar-refractivity contribution in [3.05, 3.63) is 92.2 Å². The molecule has 0 spiro atoms. The smallest absolute Gasteiger partial charge is 0.329 e. The van der Waals surface area contributed by atoms with Crippen molar-refractivity contribution >= 4 is 51.2 Å². The number of hydrogen-bond donors (Lipinski definition) is 2. The van der Waals surface area contributed by atoms with Crippen LogP contribution in [-0.2, 0) is 16.2 Å². The molecule has 0 atom stereocenters. The number of hydrogen-bond acceptors (Lipinski definition) is 4. The number of amides is 2. The summed E-state index contributed by atoms with van der Waals surface area (Å²) in [6.07, 6.45) is 1.38. The number of hydrazone groups is 1. The fourth-order valence-corrected chi connectivity index (χ4v) is 3.54. The SMILES string of the molecule is Cc1cccc(NC(=O)C(=O)N/N=C\c2ccc(OCc3c(F)cccc3Cl)c(Br)c2)c1C. The van der Waals surface area contributed by atoms with Crippen LogP contribution in [0.5, 0.6) is 5.75 Å². The number of anilines is 1. The van der Waals surface area contributed by atoms with Gasteiger partial charge < -0.3 is 10.1 Å². The number of rotatable bonds is 6. The largest absolute Gasteiger partial charge is 0.488 e. The molecule has 0 saturated carbocycles. The van der Waals surface area contributed by atoms with Crippen LogP contribution < -0.4 is 15.5 Å². The van der Waals surface area contributed by atoms with Gasteiger partial charge in [-0.2, -0.15) is 5.10 Å². The lowest BCUT2D eigenvalue weighted by Crippen LogP contribution is -2.32. The average molecular weight is 533 g/mol. The van der Waals surface area contributed by atoms with Gasteiger partial charge in [-0.15, -0.1) is 0 Å². The van der Waals surface area contributed by atoms with E-state index in [-0.39, 0.29) is 17.2 Å². The zero-order valence-electron chi connectivity index (χ0n) is 17.8. The molecule has 0 aliphatic rings. The fourth-order valence-electron chi connectivity index (χ4n) is 2.82. The third kappa shape index (κ3) is 6.40. The number of nitrogens with one attached hydrogen (secondary N) is 2. The molecule has 2 N–H and O–H groups in total. The summed E-state index contributed by atoms with van der Waals surface area (Å²) < 4.78 is 20.1. The maximum atomic E-state index is 13.9. The lowest BCUT2D eigenvalue weighted by Gasteiger charge is -2.10. The number of nitrogens with zero attached hydrogens (tertiary/aromatic N) is 1. The molecule has 0 saturated heterocycles. The van der Waals surface area contributed by atoms with Crippen molar-refractivity contribution in [3.63, 3.8) is 0 Å². The molecule has 0 radical (unpaired) electrons.